The molecular weight excluding hydrogens is 384 g/mol. The highest BCUT2D eigenvalue weighted by atomic mass is 32.2. The van der Waals surface area contributed by atoms with Gasteiger partial charge < -0.3 is 24.7 Å². The van der Waals surface area contributed by atoms with Gasteiger partial charge in [0.1, 0.15) is 18.1 Å². The van der Waals surface area contributed by atoms with E-state index in [1.807, 2.05) is 56.2 Å². The number of fused-ring (bicyclic) bond motifs is 1. The second-order valence-electron chi connectivity index (χ2n) is 7.57. The quantitative estimate of drug-likeness (QED) is 0.583. The molecule has 3 heterocycles. The molecule has 0 spiro atoms. The molecule has 1 aliphatic rings. The summed E-state index contributed by atoms with van der Waals surface area (Å²) in [5.41, 5.74) is 3.87. The third-order valence-corrected chi connectivity index (χ3v) is 6.10. The summed E-state index contributed by atoms with van der Waals surface area (Å²) in [6, 6.07) is 10.6. The molecule has 1 saturated heterocycles. The van der Waals surface area contributed by atoms with E-state index in [1.165, 1.54) is 0 Å². The SMILES string of the molecule is Cc1c(-c2ccc(OCCN(C)C)cc2)oc2nccc(NCC3CSCN3)c12. The molecular formula is C22H28N4O2S. The van der Waals surface area contributed by atoms with Gasteiger partial charge in [0.2, 0.25) is 5.71 Å². The van der Waals surface area contributed by atoms with Gasteiger partial charge in [0.15, 0.2) is 0 Å². The van der Waals surface area contributed by atoms with Gasteiger partial charge in [0, 0.05) is 53.8 Å². The summed E-state index contributed by atoms with van der Waals surface area (Å²) in [4.78, 5) is 6.55. The molecule has 2 aromatic heterocycles. The van der Waals surface area contributed by atoms with E-state index in [2.05, 4.69) is 27.4 Å². The Hall–Kier alpha value is -2.22. The number of hydrogen-bond donors (Lipinski definition) is 2. The first-order valence-corrected chi connectivity index (χ1v) is 11.1. The highest BCUT2D eigenvalue weighted by molar-refractivity contribution is 7.99. The number of aromatic nitrogens is 1. The van der Waals surface area contributed by atoms with Crippen LogP contribution in [0.25, 0.3) is 22.4 Å². The number of thioether (sulfide) groups is 1. The Morgan fingerprint density at radius 1 is 1.28 bits per heavy atom. The standard InChI is InChI=1S/C22H28N4O2S/c1-15-20-19(24-12-17-13-29-14-25-17)8-9-23-22(20)28-21(15)16-4-6-18(7-5-16)27-11-10-26(2)3/h4-9,17,25H,10-14H2,1-3H3,(H,23,24). The number of hydrogen-bond acceptors (Lipinski definition) is 7. The van der Waals surface area contributed by atoms with Crippen LogP contribution in [0.2, 0.25) is 0 Å². The Labute approximate surface area is 176 Å². The molecule has 4 rings (SSSR count). The van der Waals surface area contributed by atoms with Crippen LogP contribution in [-0.4, -0.2) is 61.3 Å². The Morgan fingerprint density at radius 3 is 2.83 bits per heavy atom. The van der Waals surface area contributed by atoms with Gasteiger partial charge in [-0.15, -0.1) is 11.8 Å². The molecule has 7 heteroatoms. The molecule has 154 valence electrons. The minimum atomic E-state index is 0.495. The fourth-order valence-electron chi connectivity index (χ4n) is 3.44. The predicted molar refractivity (Wildman–Crippen MR) is 121 cm³/mol. The molecule has 6 nitrogen and oxygen atoms in total. The molecule has 1 unspecified atom stereocenters. The van der Waals surface area contributed by atoms with Crippen molar-refractivity contribution in [2.24, 2.45) is 0 Å². The Balaban J connectivity index is 1.53. The lowest BCUT2D eigenvalue weighted by Crippen LogP contribution is -2.31. The van der Waals surface area contributed by atoms with Crippen LogP contribution in [0.4, 0.5) is 5.69 Å². The van der Waals surface area contributed by atoms with E-state index in [9.17, 15) is 0 Å². The van der Waals surface area contributed by atoms with Crippen LogP contribution in [0.1, 0.15) is 5.56 Å². The number of nitrogens with zero attached hydrogens (tertiary/aromatic N) is 2. The van der Waals surface area contributed by atoms with Gasteiger partial charge in [0.05, 0.1) is 5.39 Å². The smallest absolute Gasteiger partial charge is 0.229 e. The van der Waals surface area contributed by atoms with Crippen LogP contribution < -0.4 is 15.4 Å². The van der Waals surface area contributed by atoms with Crippen molar-refractivity contribution in [1.29, 1.82) is 0 Å². The molecule has 1 fully saturated rings. The molecule has 0 amide bonds. The number of rotatable bonds is 8. The van der Waals surface area contributed by atoms with Crippen molar-refractivity contribution in [3.63, 3.8) is 0 Å². The number of anilines is 1. The third-order valence-electron chi connectivity index (χ3n) is 5.09. The summed E-state index contributed by atoms with van der Waals surface area (Å²) in [5, 5.41) is 8.13. The summed E-state index contributed by atoms with van der Waals surface area (Å²) in [5.74, 6) is 3.89. The zero-order valence-corrected chi connectivity index (χ0v) is 18.0. The van der Waals surface area contributed by atoms with Crippen molar-refractivity contribution < 1.29 is 9.15 Å². The van der Waals surface area contributed by atoms with Crippen molar-refractivity contribution in [2.75, 3.05) is 50.7 Å². The first-order chi connectivity index (χ1) is 14.1. The summed E-state index contributed by atoms with van der Waals surface area (Å²) >= 11 is 1.94. The largest absolute Gasteiger partial charge is 0.492 e. The zero-order valence-electron chi connectivity index (χ0n) is 17.2. The summed E-state index contributed by atoms with van der Waals surface area (Å²) in [6.45, 7) is 4.55. The molecule has 0 bridgehead atoms. The van der Waals surface area contributed by atoms with Crippen LogP contribution in [-0.2, 0) is 0 Å². The first-order valence-electron chi connectivity index (χ1n) is 9.93. The second kappa shape index (κ2) is 9.07. The Bertz CT molecular complexity index is 949. The summed E-state index contributed by atoms with van der Waals surface area (Å²) in [7, 11) is 4.08. The normalized spacial score (nSPS) is 16.6. The second-order valence-corrected chi connectivity index (χ2v) is 8.60. The van der Waals surface area contributed by atoms with Gasteiger partial charge in [-0.3, -0.25) is 0 Å². The van der Waals surface area contributed by atoms with Gasteiger partial charge >= 0.3 is 0 Å². The first kappa shape index (κ1) is 20.1. The number of ether oxygens (including phenoxy) is 1. The van der Waals surface area contributed by atoms with Crippen LogP contribution >= 0.6 is 11.8 Å². The van der Waals surface area contributed by atoms with Crippen molar-refractivity contribution >= 4 is 28.5 Å². The molecule has 3 aromatic rings. The number of likely N-dealkylation sites (N-methyl/N-ethyl adjacent to an activating group) is 1. The number of aryl methyl sites for hydroxylation is 1. The van der Waals surface area contributed by atoms with E-state index in [-0.39, 0.29) is 0 Å². The highest BCUT2D eigenvalue weighted by Crippen LogP contribution is 2.36. The van der Waals surface area contributed by atoms with Gasteiger partial charge in [-0.05, 0) is 51.4 Å². The van der Waals surface area contributed by atoms with Crippen LogP contribution in [0.15, 0.2) is 40.9 Å². The maximum absolute atomic E-state index is 6.13. The minimum Gasteiger partial charge on any atom is -0.492 e. The maximum Gasteiger partial charge on any atom is 0.229 e. The lowest BCUT2D eigenvalue weighted by Gasteiger charge is -2.12. The van der Waals surface area contributed by atoms with E-state index < -0.39 is 0 Å². The van der Waals surface area contributed by atoms with E-state index in [1.54, 1.807) is 6.20 Å². The van der Waals surface area contributed by atoms with Crippen LogP contribution in [0.3, 0.4) is 0 Å². The fraction of sp³-hybridized carbons (Fsp3) is 0.409. The zero-order chi connectivity index (χ0) is 20.2. The van der Waals surface area contributed by atoms with E-state index in [0.29, 0.717) is 18.4 Å². The minimum absolute atomic E-state index is 0.495. The highest BCUT2D eigenvalue weighted by Gasteiger charge is 2.18. The maximum atomic E-state index is 6.13. The molecule has 1 aliphatic heterocycles. The van der Waals surface area contributed by atoms with E-state index in [4.69, 9.17) is 9.15 Å². The number of benzene rings is 1. The Kier molecular flexibility index (Phi) is 6.28. The molecule has 0 aliphatic carbocycles. The van der Waals surface area contributed by atoms with Crippen molar-refractivity contribution in [1.82, 2.24) is 15.2 Å². The van der Waals surface area contributed by atoms with Gasteiger partial charge in [-0.25, -0.2) is 4.98 Å². The van der Waals surface area contributed by atoms with Gasteiger partial charge in [0.25, 0.3) is 0 Å². The third kappa shape index (κ3) is 4.69. The lowest BCUT2D eigenvalue weighted by molar-refractivity contribution is 0.261. The van der Waals surface area contributed by atoms with Crippen molar-refractivity contribution in [3.05, 3.63) is 42.1 Å². The fourth-order valence-corrected chi connectivity index (χ4v) is 4.43. The van der Waals surface area contributed by atoms with Crippen molar-refractivity contribution in [3.8, 4) is 17.1 Å². The number of furan rings is 1. The van der Waals surface area contributed by atoms with Crippen LogP contribution in [0.5, 0.6) is 5.75 Å². The molecule has 0 saturated carbocycles. The average Bonchev–Trinajstić information content (AvgIpc) is 3.35. The molecule has 0 radical (unpaired) electrons. The molecule has 2 N–H and O–H groups in total. The predicted octanol–water partition coefficient (Wildman–Crippen LogP) is 3.82. The molecule has 1 atom stereocenters. The average molecular weight is 413 g/mol. The topological polar surface area (TPSA) is 62.6 Å². The monoisotopic (exact) mass is 412 g/mol. The van der Waals surface area contributed by atoms with E-state index >= 15 is 0 Å². The Morgan fingerprint density at radius 2 is 2.10 bits per heavy atom. The van der Waals surface area contributed by atoms with Crippen molar-refractivity contribution in [2.45, 2.75) is 13.0 Å². The lowest BCUT2D eigenvalue weighted by atomic mass is 10.1. The summed E-state index contributed by atoms with van der Waals surface area (Å²) < 4.78 is 11.9. The molecule has 1 aromatic carbocycles. The number of pyridine rings is 1. The molecule has 29 heavy (non-hydrogen) atoms. The summed E-state index contributed by atoms with van der Waals surface area (Å²) in [6.07, 6.45) is 1.80. The van der Waals surface area contributed by atoms with E-state index in [0.717, 1.165) is 58.4 Å². The van der Waals surface area contributed by atoms with Crippen LogP contribution in [0, 0.1) is 6.92 Å². The van der Waals surface area contributed by atoms with Gasteiger partial charge in [-0.2, -0.15) is 0 Å². The van der Waals surface area contributed by atoms with Gasteiger partial charge in [-0.1, -0.05) is 0 Å². The number of nitrogens with one attached hydrogen (secondary N) is 2.